The molecule has 1 atom stereocenters. The van der Waals surface area contributed by atoms with E-state index in [0.29, 0.717) is 0 Å². The molecule has 0 saturated heterocycles. The van der Waals surface area contributed by atoms with Gasteiger partial charge in [0.15, 0.2) is 0 Å². The molecule has 0 aliphatic carbocycles. The Balaban J connectivity index is 1.84. The van der Waals surface area contributed by atoms with Gasteiger partial charge in [-0.25, -0.2) is 0 Å². The van der Waals surface area contributed by atoms with Crippen molar-refractivity contribution in [2.24, 2.45) is 0 Å². The Labute approximate surface area is 149 Å². The van der Waals surface area contributed by atoms with Crippen molar-refractivity contribution in [2.75, 3.05) is 7.05 Å². The number of allylic oxidation sites excluding steroid dienone is 2. The number of likely N-dealkylation sites (N-methyl/N-ethyl adjacent to an activating group) is 1. The Bertz CT molecular complexity index is 893. The molecule has 3 aromatic rings. The summed E-state index contributed by atoms with van der Waals surface area (Å²) >= 11 is 0. The van der Waals surface area contributed by atoms with Gasteiger partial charge in [0.2, 0.25) is 0 Å². The third kappa shape index (κ3) is 3.14. The van der Waals surface area contributed by atoms with E-state index >= 15 is 0 Å². The van der Waals surface area contributed by atoms with Crippen LogP contribution in [0, 0.1) is 0 Å². The summed E-state index contributed by atoms with van der Waals surface area (Å²) in [7, 11) is 2.18. The smallest absolute Gasteiger partial charge is 0.0732 e. The Morgan fingerprint density at radius 3 is 1.76 bits per heavy atom. The van der Waals surface area contributed by atoms with Crippen LogP contribution in [0.2, 0.25) is 0 Å². The highest BCUT2D eigenvalue weighted by Crippen LogP contribution is 2.37. The fourth-order valence-corrected chi connectivity index (χ4v) is 3.41. The third-order valence-electron chi connectivity index (χ3n) is 4.74. The van der Waals surface area contributed by atoms with Crippen molar-refractivity contribution >= 4 is 11.3 Å². The van der Waals surface area contributed by atoms with Crippen molar-refractivity contribution < 1.29 is 0 Å². The fourth-order valence-electron chi connectivity index (χ4n) is 3.41. The largest absolute Gasteiger partial charge is 0.364 e. The minimum absolute atomic E-state index is 0.219. The van der Waals surface area contributed by atoms with Crippen molar-refractivity contribution in [1.29, 1.82) is 0 Å². The van der Waals surface area contributed by atoms with Gasteiger partial charge < -0.3 is 4.90 Å². The highest BCUT2D eigenvalue weighted by Gasteiger charge is 2.23. The van der Waals surface area contributed by atoms with E-state index in [9.17, 15) is 0 Å². The Morgan fingerprint density at radius 2 is 1.16 bits per heavy atom. The van der Waals surface area contributed by atoms with Gasteiger partial charge in [-0.05, 0) is 34.4 Å². The van der Waals surface area contributed by atoms with E-state index in [4.69, 9.17) is 0 Å². The molecule has 4 rings (SSSR count). The Hall–Kier alpha value is -3.06. The molecule has 0 aromatic heterocycles. The highest BCUT2D eigenvalue weighted by molar-refractivity contribution is 5.86. The predicted molar refractivity (Wildman–Crippen MR) is 106 cm³/mol. The van der Waals surface area contributed by atoms with Crippen molar-refractivity contribution in [3.8, 4) is 0 Å². The molecule has 122 valence electrons. The molecule has 1 unspecified atom stereocenters. The zero-order valence-corrected chi connectivity index (χ0v) is 14.3. The third-order valence-corrected chi connectivity index (χ3v) is 4.74. The fraction of sp³-hybridized carbons (Fsp3) is 0.0833. The summed E-state index contributed by atoms with van der Waals surface area (Å²) in [5.41, 5.74) is 6.32. The van der Waals surface area contributed by atoms with Crippen molar-refractivity contribution in [3.63, 3.8) is 0 Å². The molecule has 1 aliphatic rings. The maximum absolute atomic E-state index is 2.36. The number of nitrogens with zero attached hydrogens (tertiary/aromatic N) is 1. The van der Waals surface area contributed by atoms with Crippen LogP contribution in [0.5, 0.6) is 0 Å². The van der Waals surface area contributed by atoms with E-state index < -0.39 is 0 Å². The molecule has 25 heavy (non-hydrogen) atoms. The van der Waals surface area contributed by atoms with Gasteiger partial charge in [-0.3, -0.25) is 0 Å². The summed E-state index contributed by atoms with van der Waals surface area (Å²) in [5, 5.41) is 0. The molecular formula is C24H21N. The summed E-state index contributed by atoms with van der Waals surface area (Å²) in [5.74, 6) is 0. The molecular weight excluding hydrogens is 302 g/mol. The zero-order valence-electron chi connectivity index (χ0n) is 14.3. The number of benzene rings is 3. The van der Waals surface area contributed by atoms with E-state index in [-0.39, 0.29) is 6.04 Å². The minimum atomic E-state index is 0.219. The van der Waals surface area contributed by atoms with E-state index in [2.05, 4.69) is 115 Å². The monoisotopic (exact) mass is 323 g/mol. The predicted octanol–water partition coefficient (Wildman–Crippen LogP) is 5.80. The molecule has 1 heteroatoms. The van der Waals surface area contributed by atoms with Crippen LogP contribution in [-0.2, 0) is 0 Å². The van der Waals surface area contributed by atoms with Gasteiger partial charge in [-0.2, -0.15) is 0 Å². The molecule has 3 aromatic carbocycles. The van der Waals surface area contributed by atoms with Crippen LogP contribution in [0.3, 0.4) is 0 Å². The second-order valence-electron chi connectivity index (χ2n) is 6.35. The molecule has 1 aliphatic heterocycles. The van der Waals surface area contributed by atoms with Crippen LogP contribution in [0.25, 0.3) is 11.3 Å². The lowest BCUT2D eigenvalue weighted by molar-refractivity contribution is 0.413. The molecule has 0 bridgehead atoms. The number of rotatable bonds is 3. The second-order valence-corrected chi connectivity index (χ2v) is 6.35. The summed E-state index contributed by atoms with van der Waals surface area (Å²) < 4.78 is 0. The minimum Gasteiger partial charge on any atom is -0.364 e. The zero-order chi connectivity index (χ0) is 17.1. The molecule has 0 radical (unpaired) electrons. The SMILES string of the molecule is CN1C(c2ccccc2)=CC(c2ccccc2)=CC1c1ccccc1. The lowest BCUT2D eigenvalue weighted by Crippen LogP contribution is -2.24. The van der Waals surface area contributed by atoms with Crippen molar-refractivity contribution in [3.05, 3.63) is 120 Å². The first kappa shape index (κ1) is 15.5. The van der Waals surface area contributed by atoms with Crippen LogP contribution >= 0.6 is 0 Å². The molecule has 0 fully saturated rings. The first-order valence-electron chi connectivity index (χ1n) is 8.65. The van der Waals surface area contributed by atoms with Gasteiger partial charge in [0.25, 0.3) is 0 Å². The quantitative estimate of drug-likeness (QED) is 0.589. The molecule has 0 saturated carbocycles. The molecule has 1 nitrogen and oxygen atoms in total. The van der Waals surface area contributed by atoms with Crippen LogP contribution in [0.1, 0.15) is 22.7 Å². The van der Waals surface area contributed by atoms with Crippen LogP contribution < -0.4 is 0 Å². The summed E-state index contributed by atoms with van der Waals surface area (Å²) in [6.07, 6.45) is 4.65. The van der Waals surface area contributed by atoms with Crippen molar-refractivity contribution in [2.45, 2.75) is 6.04 Å². The van der Waals surface area contributed by atoms with Crippen molar-refractivity contribution in [1.82, 2.24) is 4.90 Å². The van der Waals surface area contributed by atoms with Gasteiger partial charge in [-0.1, -0.05) is 91.0 Å². The number of hydrogen-bond acceptors (Lipinski definition) is 1. The average Bonchev–Trinajstić information content (AvgIpc) is 2.70. The van der Waals surface area contributed by atoms with E-state index in [0.717, 1.165) is 0 Å². The molecule has 0 N–H and O–H groups in total. The Kier molecular flexibility index (Phi) is 4.22. The maximum atomic E-state index is 2.36. The average molecular weight is 323 g/mol. The summed E-state index contributed by atoms with van der Waals surface area (Å²) in [6.45, 7) is 0. The van der Waals surface area contributed by atoms with Gasteiger partial charge in [0.1, 0.15) is 0 Å². The van der Waals surface area contributed by atoms with Crippen LogP contribution in [0.15, 0.2) is 103 Å². The molecule has 0 spiro atoms. The first-order chi connectivity index (χ1) is 12.3. The molecule has 0 amide bonds. The topological polar surface area (TPSA) is 3.24 Å². The first-order valence-corrected chi connectivity index (χ1v) is 8.65. The molecule has 1 heterocycles. The van der Waals surface area contributed by atoms with Crippen LogP contribution in [0.4, 0.5) is 0 Å². The lowest BCUT2D eigenvalue weighted by atomic mass is 9.92. The standard InChI is InChI=1S/C24H21N/c1-25-23(20-13-7-3-8-14-20)17-22(19-11-5-2-6-12-19)18-24(25)21-15-9-4-10-16-21/h2-18,23H,1H3. The van der Waals surface area contributed by atoms with E-state index in [1.54, 1.807) is 0 Å². The second kappa shape index (κ2) is 6.82. The summed E-state index contributed by atoms with van der Waals surface area (Å²) in [6, 6.07) is 32.2. The van der Waals surface area contributed by atoms with Gasteiger partial charge >= 0.3 is 0 Å². The Morgan fingerprint density at radius 1 is 0.640 bits per heavy atom. The normalized spacial score (nSPS) is 17.0. The van der Waals surface area contributed by atoms with Crippen LogP contribution in [-0.4, -0.2) is 11.9 Å². The van der Waals surface area contributed by atoms with E-state index in [1.807, 2.05) is 0 Å². The highest BCUT2D eigenvalue weighted by atomic mass is 15.1. The lowest BCUT2D eigenvalue weighted by Gasteiger charge is -2.34. The van der Waals surface area contributed by atoms with Gasteiger partial charge in [0.05, 0.1) is 6.04 Å². The van der Waals surface area contributed by atoms with Gasteiger partial charge in [0, 0.05) is 12.7 Å². The number of hydrogen-bond donors (Lipinski definition) is 0. The summed E-state index contributed by atoms with van der Waals surface area (Å²) in [4.78, 5) is 2.36. The maximum Gasteiger partial charge on any atom is 0.0732 e. The van der Waals surface area contributed by atoms with Gasteiger partial charge in [-0.15, -0.1) is 0 Å². The van der Waals surface area contributed by atoms with E-state index in [1.165, 1.54) is 28.0 Å².